The molecule has 0 saturated heterocycles. The first-order valence-electron chi connectivity index (χ1n) is 8.27. The van der Waals surface area contributed by atoms with Crippen LogP contribution in [0.4, 0.5) is 0 Å². The Morgan fingerprint density at radius 2 is 1.93 bits per heavy atom. The SMILES string of the molecule is COc1cccc(-c2nc(C(=O)N[C@H](C)c3ccccc3Cl)cs2)c1OC. The van der Waals surface area contributed by atoms with Gasteiger partial charge in [-0.2, -0.15) is 0 Å². The van der Waals surface area contributed by atoms with Gasteiger partial charge < -0.3 is 14.8 Å². The molecule has 1 heterocycles. The average molecular weight is 403 g/mol. The summed E-state index contributed by atoms with van der Waals surface area (Å²) in [6.07, 6.45) is 0. The number of methoxy groups -OCH3 is 2. The van der Waals surface area contributed by atoms with Crippen LogP contribution in [-0.2, 0) is 0 Å². The largest absolute Gasteiger partial charge is 0.493 e. The number of halogens is 1. The molecule has 7 heteroatoms. The third kappa shape index (κ3) is 4.07. The fourth-order valence-electron chi connectivity index (χ4n) is 2.73. The Bertz CT molecular complexity index is 958. The molecule has 0 spiro atoms. The number of thiazole rings is 1. The highest BCUT2D eigenvalue weighted by Crippen LogP contribution is 2.39. The van der Waals surface area contributed by atoms with Gasteiger partial charge in [0.25, 0.3) is 5.91 Å². The predicted molar refractivity (Wildman–Crippen MR) is 108 cm³/mol. The molecule has 1 aromatic heterocycles. The molecule has 3 rings (SSSR count). The van der Waals surface area contributed by atoms with E-state index in [0.717, 1.165) is 11.1 Å². The summed E-state index contributed by atoms with van der Waals surface area (Å²) in [5.74, 6) is 0.945. The maximum atomic E-state index is 12.6. The first-order chi connectivity index (χ1) is 13.0. The van der Waals surface area contributed by atoms with E-state index in [1.54, 1.807) is 25.7 Å². The van der Waals surface area contributed by atoms with E-state index < -0.39 is 0 Å². The quantitative estimate of drug-likeness (QED) is 0.632. The number of aromatic nitrogens is 1. The number of ether oxygens (including phenoxy) is 2. The summed E-state index contributed by atoms with van der Waals surface area (Å²) in [7, 11) is 3.16. The molecule has 0 saturated carbocycles. The number of carbonyl (C=O) groups is 1. The van der Waals surface area contributed by atoms with Gasteiger partial charge >= 0.3 is 0 Å². The highest BCUT2D eigenvalue weighted by Gasteiger charge is 2.19. The standard InChI is InChI=1S/C20H19ClN2O3S/c1-12(13-7-4-5-9-15(13)21)22-19(24)16-11-27-20(23-16)14-8-6-10-17(25-2)18(14)26-3/h4-12H,1-3H3,(H,22,24)/t12-/m1/s1. The molecular formula is C20H19ClN2O3S. The van der Waals surface area contributed by atoms with Crippen molar-refractivity contribution in [1.82, 2.24) is 10.3 Å². The van der Waals surface area contributed by atoms with Crippen molar-refractivity contribution in [3.8, 4) is 22.1 Å². The van der Waals surface area contributed by atoms with Gasteiger partial charge in [0.05, 0.1) is 25.8 Å². The molecule has 5 nitrogen and oxygen atoms in total. The van der Waals surface area contributed by atoms with Crippen molar-refractivity contribution >= 4 is 28.8 Å². The third-order valence-corrected chi connectivity index (χ3v) is 5.31. The third-order valence-electron chi connectivity index (χ3n) is 4.09. The van der Waals surface area contributed by atoms with Crippen LogP contribution in [0.15, 0.2) is 47.8 Å². The number of amides is 1. The smallest absolute Gasteiger partial charge is 0.271 e. The molecular weight excluding hydrogens is 384 g/mol. The highest BCUT2D eigenvalue weighted by atomic mass is 35.5. The Morgan fingerprint density at radius 3 is 2.63 bits per heavy atom. The Balaban J connectivity index is 1.82. The van der Waals surface area contributed by atoms with E-state index in [9.17, 15) is 4.79 Å². The van der Waals surface area contributed by atoms with Crippen molar-refractivity contribution in [1.29, 1.82) is 0 Å². The zero-order chi connectivity index (χ0) is 19.4. The monoisotopic (exact) mass is 402 g/mol. The molecule has 0 unspecified atom stereocenters. The van der Waals surface area contributed by atoms with E-state index in [1.165, 1.54) is 11.3 Å². The Morgan fingerprint density at radius 1 is 1.15 bits per heavy atom. The number of hydrogen-bond acceptors (Lipinski definition) is 5. The zero-order valence-corrected chi connectivity index (χ0v) is 16.7. The van der Waals surface area contributed by atoms with Crippen LogP contribution in [-0.4, -0.2) is 25.1 Å². The lowest BCUT2D eigenvalue weighted by atomic mass is 10.1. The van der Waals surface area contributed by atoms with Crippen LogP contribution < -0.4 is 14.8 Å². The molecule has 0 aliphatic rings. The topological polar surface area (TPSA) is 60.5 Å². The molecule has 3 aromatic rings. The second kappa shape index (κ2) is 8.41. The van der Waals surface area contributed by atoms with Crippen molar-refractivity contribution in [2.45, 2.75) is 13.0 Å². The molecule has 0 aliphatic carbocycles. The number of benzene rings is 2. The van der Waals surface area contributed by atoms with E-state index in [4.69, 9.17) is 21.1 Å². The molecule has 0 fully saturated rings. The Labute approximate surface area is 166 Å². The highest BCUT2D eigenvalue weighted by molar-refractivity contribution is 7.13. The van der Waals surface area contributed by atoms with Gasteiger partial charge in [-0.05, 0) is 30.7 Å². The minimum absolute atomic E-state index is 0.234. The van der Waals surface area contributed by atoms with Gasteiger partial charge in [0.2, 0.25) is 0 Å². The second-order valence-electron chi connectivity index (χ2n) is 5.80. The van der Waals surface area contributed by atoms with E-state index in [2.05, 4.69) is 10.3 Å². The van der Waals surface area contributed by atoms with Crippen LogP contribution in [0.2, 0.25) is 5.02 Å². The summed E-state index contributed by atoms with van der Waals surface area (Å²) in [5.41, 5.74) is 1.98. The first-order valence-corrected chi connectivity index (χ1v) is 9.53. The lowest BCUT2D eigenvalue weighted by Crippen LogP contribution is -2.27. The van der Waals surface area contributed by atoms with E-state index >= 15 is 0 Å². The van der Waals surface area contributed by atoms with E-state index in [1.807, 2.05) is 43.3 Å². The number of rotatable bonds is 6. The number of carbonyl (C=O) groups excluding carboxylic acids is 1. The maximum Gasteiger partial charge on any atom is 0.271 e. The van der Waals surface area contributed by atoms with Crippen LogP contribution in [0.1, 0.15) is 29.0 Å². The summed E-state index contributed by atoms with van der Waals surface area (Å²) in [5, 5.41) is 5.96. The Hall–Kier alpha value is -2.57. The molecule has 0 radical (unpaired) electrons. The van der Waals surface area contributed by atoms with Crippen LogP contribution >= 0.6 is 22.9 Å². The van der Waals surface area contributed by atoms with E-state index in [0.29, 0.717) is 27.2 Å². The lowest BCUT2D eigenvalue weighted by Gasteiger charge is -2.14. The van der Waals surface area contributed by atoms with Crippen molar-refractivity contribution in [2.24, 2.45) is 0 Å². The van der Waals surface area contributed by atoms with Crippen molar-refractivity contribution in [3.05, 3.63) is 64.1 Å². The van der Waals surface area contributed by atoms with Crippen LogP contribution in [0, 0.1) is 0 Å². The van der Waals surface area contributed by atoms with Gasteiger partial charge in [-0.3, -0.25) is 4.79 Å². The van der Waals surface area contributed by atoms with Crippen LogP contribution in [0.5, 0.6) is 11.5 Å². The second-order valence-corrected chi connectivity index (χ2v) is 7.06. The lowest BCUT2D eigenvalue weighted by molar-refractivity contribution is 0.0935. The first kappa shape index (κ1) is 19.2. The number of nitrogens with one attached hydrogen (secondary N) is 1. The molecule has 0 aliphatic heterocycles. The van der Waals surface area contributed by atoms with Crippen molar-refractivity contribution < 1.29 is 14.3 Å². The van der Waals surface area contributed by atoms with Crippen LogP contribution in [0.3, 0.4) is 0 Å². The van der Waals surface area contributed by atoms with Gasteiger partial charge in [0, 0.05) is 10.4 Å². The molecule has 1 atom stereocenters. The zero-order valence-electron chi connectivity index (χ0n) is 15.2. The van der Waals surface area contributed by atoms with Gasteiger partial charge in [-0.1, -0.05) is 35.9 Å². The number of para-hydroxylation sites is 1. The molecule has 0 bridgehead atoms. The molecule has 1 amide bonds. The predicted octanol–water partition coefficient (Wildman–Crippen LogP) is 4.97. The van der Waals surface area contributed by atoms with Crippen LogP contribution in [0.25, 0.3) is 10.6 Å². The minimum Gasteiger partial charge on any atom is -0.493 e. The molecule has 140 valence electrons. The van der Waals surface area contributed by atoms with Gasteiger partial charge in [0.15, 0.2) is 11.5 Å². The fraction of sp³-hybridized carbons (Fsp3) is 0.200. The summed E-state index contributed by atoms with van der Waals surface area (Å²) in [6.45, 7) is 1.89. The molecule has 1 N–H and O–H groups in total. The van der Waals surface area contributed by atoms with Gasteiger partial charge in [-0.25, -0.2) is 4.98 Å². The van der Waals surface area contributed by atoms with Crippen molar-refractivity contribution in [2.75, 3.05) is 14.2 Å². The number of nitrogens with zero attached hydrogens (tertiary/aromatic N) is 1. The fourth-order valence-corrected chi connectivity index (χ4v) is 3.85. The summed E-state index contributed by atoms with van der Waals surface area (Å²) in [4.78, 5) is 17.1. The normalized spacial score (nSPS) is 11.7. The summed E-state index contributed by atoms with van der Waals surface area (Å²) < 4.78 is 10.8. The summed E-state index contributed by atoms with van der Waals surface area (Å²) in [6, 6.07) is 12.8. The molecule has 2 aromatic carbocycles. The molecule has 27 heavy (non-hydrogen) atoms. The maximum absolute atomic E-state index is 12.6. The Kier molecular flexibility index (Phi) is 5.98. The van der Waals surface area contributed by atoms with E-state index in [-0.39, 0.29) is 11.9 Å². The van der Waals surface area contributed by atoms with Crippen molar-refractivity contribution in [3.63, 3.8) is 0 Å². The van der Waals surface area contributed by atoms with Gasteiger partial charge in [-0.15, -0.1) is 11.3 Å². The van der Waals surface area contributed by atoms with Gasteiger partial charge in [0.1, 0.15) is 10.7 Å². The average Bonchev–Trinajstić information content (AvgIpc) is 3.17. The minimum atomic E-state index is -0.258. The summed E-state index contributed by atoms with van der Waals surface area (Å²) >= 11 is 7.58. The number of hydrogen-bond donors (Lipinski definition) is 1.